The van der Waals surface area contributed by atoms with Gasteiger partial charge < -0.3 is 10.5 Å². The average molecular weight is 244 g/mol. The molecule has 0 saturated carbocycles. The number of para-hydroxylation sites is 1. The number of nitrogens with two attached hydrogens (primary N) is 1. The molecule has 2 atom stereocenters. The minimum absolute atomic E-state index is 0.0152. The van der Waals surface area contributed by atoms with Crippen LogP contribution in [-0.4, -0.2) is 23.7 Å². The average Bonchev–Trinajstić information content (AvgIpc) is 2.39. The fourth-order valence-electron chi connectivity index (χ4n) is 2.02. The number of fused-ring (bicyclic) bond motifs is 1. The van der Waals surface area contributed by atoms with Crippen LogP contribution in [0, 0.1) is 0 Å². The van der Waals surface area contributed by atoms with Gasteiger partial charge in [0.15, 0.2) is 0 Å². The van der Waals surface area contributed by atoms with Crippen LogP contribution in [0.5, 0.6) is 0 Å². The van der Waals surface area contributed by atoms with Crippen molar-refractivity contribution in [3.63, 3.8) is 0 Å². The summed E-state index contributed by atoms with van der Waals surface area (Å²) in [7, 11) is 0. The van der Waals surface area contributed by atoms with Crippen LogP contribution in [0.3, 0.4) is 0 Å². The summed E-state index contributed by atoms with van der Waals surface area (Å²) >= 11 is 0. The Morgan fingerprint density at radius 2 is 2.00 bits per heavy atom. The van der Waals surface area contributed by atoms with Gasteiger partial charge in [-0.3, -0.25) is 4.98 Å². The summed E-state index contributed by atoms with van der Waals surface area (Å²) in [6, 6.07) is 12.2. The molecule has 2 rings (SSSR count). The van der Waals surface area contributed by atoms with Crippen molar-refractivity contribution in [1.82, 2.24) is 4.98 Å². The van der Waals surface area contributed by atoms with Gasteiger partial charge in [-0.15, -0.1) is 0 Å². The van der Waals surface area contributed by atoms with E-state index >= 15 is 0 Å². The summed E-state index contributed by atoms with van der Waals surface area (Å²) in [4.78, 5) is 4.62. The van der Waals surface area contributed by atoms with Crippen molar-refractivity contribution in [2.45, 2.75) is 32.4 Å². The second-order valence-electron chi connectivity index (χ2n) is 4.52. The molecular formula is C15H20N2O. The minimum atomic E-state index is -0.0152. The van der Waals surface area contributed by atoms with Crippen LogP contribution in [-0.2, 0) is 11.2 Å². The van der Waals surface area contributed by atoms with Gasteiger partial charge in [0, 0.05) is 30.1 Å². The molecule has 1 heterocycles. The maximum Gasteiger partial charge on any atom is 0.0705 e. The van der Waals surface area contributed by atoms with E-state index < -0.39 is 0 Å². The monoisotopic (exact) mass is 244 g/mol. The van der Waals surface area contributed by atoms with Crippen molar-refractivity contribution in [1.29, 1.82) is 0 Å². The highest BCUT2D eigenvalue weighted by atomic mass is 16.5. The number of benzene rings is 1. The Balaban J connectivity index is 2.12. The Hall–Kier alpha value is -1.45. The molecule has 96 valence electrons. The van der Waals surface area contributed by atoms with Gasteiger partial charge in [-0.05, 0) is 26.0 Å². The van der Waals surface area contributed by atoms with E-state index in [1.54, 1.807) is 0 Å². The van der Waals surface area contributed by atoms with Gasteiger partial charge in [-0.2, -0.15) is 0 Å². The first-order valence-electron chi connectivity index (χ1n) is 6.42. The van der Waals surface area contributed by atoms with Crippen LogP contribution in [0.2, 0.25) is 0 Å². The van der Waals surface area contributed by atoms with Crippen LogP contribution in [0.4, 0.5) is 0 Å². The fourth-order valence-corrected chi connectivity index (χ4v) is 2.02. The molecule has 1 aromatic heterocycles. The van der Waals surface area contributed by atoms with Crippen LogP contribution in [0.25, 0.3) is 10.9 Å². The van der Waals surface area contributed by atoms with E-state index in [0.717, 1.165) is 23.0 Å². The first kappa shape index (κ1) is 13.0. The van der Waals surface area contributed by atoms with E-state index in [1.165, 1.54) is 0 Å². The van der Waals surface area contributed by atoms with E-state index in [2.05, 4.69) is 17.1 Å². The van der Waals surface area contributed by atoms with E-state index in [1.807, 2.05) is 38.1 Å². The third-order valence-electron chi connectivity index (χ3n) is 3.13. The van der Waals surface area contributed by atoms with Crippen LogP contribution < -0.4 is 5.73 Å². The van der Waals surface area contributed by atoms with Crippen molar-refractivity contribution in [3.05, 3.63) is 42.1 Å². The highest BCUT2D eigenvalue weighted by Crippen LogP contribution is 2.13. The molecule has 0 aliphatic heterocycles. The Labute approximate surface area is 108 Å². The molecule has 2 N–H and O–H groups in total. The van der Waals surface area contributed by atoms with Gasteiger partial charge in [0.2, 0.25) is 0 Å². The molecule has 1 aromatic carbocycles. The molecule has 2 unspecified atom stereocenters. The SMILES string of the molecule is CCOC(C)C(N)Cc1ccc2ccccc2n1. The van der Waals surface area contributed by atoms with E-state index in [0.29, 0.717) is 6.61 Å². The Bertz CT molecular complexity index is 513. The summed E-state index contributed by atoms with van der Waals surface area (Å²) in [5.41, 5.74) is 8.16. The molecule has 0 spiro atoms. The molecule has 0 fully saturated rings. The normalized spacial score (nSPS) is 14.6. The maximum atomic E-state index is 6.11. The molecule has 0 radical (unpaired) electrons. The third-order valence-corrected chi connectivity index (χ3v) is 3.13. The molecule has 0 aliphatic carbocycles. The predicted molar refractivity (Wildman–Crippen MR) is 74.5 cm³/mol. The van der Waals surface area contributed by atoms with Crippen molar-refractivity contribution >= 4 is 10.9 Å². The quantitative estimate of drug-likeness (QED) is 0.879. The van der Waals surface area contributed by atoms with Gasteiger partial charge >= 0.3 is 0 Å². The fraction of sp³-hybridized carbons (Fsp3) is 0.400. The number of pyridine rings is 1. The summed E-state index contributed by atoms with van der Waals surface area (Å²) in [5, 5.41) is 1.16. The first-order valence-corrected chi connectivity index (χ1v) is 6.42. The van der Waals surface area contributed by atoms with Crippen molar-refractivity contribution < 1.29 is 4.74 Å². The van der Waals surface area contributed by atoms with Gasteiger partial charge in [0.25, 0.3) is 0 Å². The highest BCUT2D eigenvalue weighted by molar-refractivity contribution is 5.78. The summed E-state index contributed by atoms with van der Waals surface area (Å²) < 4.78 is 5.51. The third kappa shape index (κ3) is 3.06. The van der Waals surface area contributed by atoms with Gasteiger partial charge in [-0.1, -0.05) is 24.3 Å². The minimum Gasteiger partial charge on any atom is -0.377 e. The Morgan fingerprint density at radius 3 is 2.78 bits per heavy atom. The molecule has 3 heteroatoms. The Morgan fingerprint density at radius 1 is 1.22 bits per heavy atom. The zero-order valence-electron chi connectivity index (χ0n) is 11.0. The van der Waals surface area contributed by atoms with Gasteiger partial charge in [0.05, 0.1) is 11.6 Å². The largest absolute Gasteiger partial charge is 0.377 e. The predicted octanol–water partition coefficient (Wildman–Crippen LogP) is 2.53. The van der Waals surface area contributed by atoms with Crippen LogP contribution in [0.1, 0.15) is 19.5 Å². The zero-order valence-corrected chi connectivity index (χ0v) is 11.0. The van der Waals surface area contributed by atoms with Gasteiger partial charge in [0.1, 0.15) is 0 Å². The lowest BCUT2D eigenvalue weighted by molar-refractivity contribution is 0.0575. The van der Waals surface area contributed by atoms with Crippen LogP contribution in [0.15, 0.2) is 36.4 Å². The zero-order chi connectivity index (χ0) is 13.0. The van der Waals surface area contributed by atoms with Crippen LogP contribution >= 0.6 is 0 Å². The first-order chi connectivity index (χ1) is 8.70. The smallest absolute Gasteiger partial charge is 0.0705 e. The molecule has 3 nitrogen and oxygen atoms in total. The van der Waals surface area contributed by atoms with Gasteiger partial charge in [-0.25, -0.2) is 0 Å². The van der Waals surface area contributed by atoms with Crippen molar-refractivity contribution in [2.75, 3.05) is 6.61 Å². The summed E-state index contributed by atoms with van der Waals surface area (Å²) in [6.07, 6.45) is 0.801. The van der Waals surface area contributed by atoms with E-state index in [-0.39, 0.29) is 12.1 Å². The number of nitrogens with zero attached hydrogens (tertiary/aromatic N) is 1. The van der Waals surface area contributed by atoms with Crippen molar-refractivity contribution in [3.8, 4) is 0 Å². The summed E-state index contributed by atoms with van der Waals surface area (Å²) in [5.74, 6) is 0. The summed E-state index contributed by atoms with van der Waals surface area (Å²) in [6.45, 7) is 4.69. The van der Waals surface area contributed by atoms with E-state index in [9.17, 15) is 0 Å². The number of ether oxygens (including phenoxy) is 1. The highest BCUT2D eigenvalue weighted by Gasteiger charge is 2.14. The topological polar surface area (TPSA) is 48.1 Å². The molecule has 0 aliphatic rings. The number of aromatic nitrogens is 1. The van der Waals surface area contributed by atoms with Crippen molar-refractivity contribution in [2.24, 2.45) is 5.73 Å². The lowest BCUT2D eigenvalue weighted by atomic mass is 10.1. The molecule has 0 amide bonds. The van der Waals surface area contributed by atoms with E-state index in [4.69, 9.17) is 10.5 Å². The molecular weight excluding hydrogens is 224 g/mol. The maximum absolute atomic E-state index is 6.11. The molecule has 18 heavy (non-hydrogen) atoms. The molecule has 0 saturated heterocycles. The standard InChI is InChI=1S/C15H20N2O/c1-3-18-11(2)14(16)10-13-9-8-12-6-4-5-7-15(12)17-13/h4-9,11,14H,3,10,16H2,1-2H3. The number of rotatable bonds is 5. The molecule has 2 aromatic rings. The second kappa shape index (κ2) is 5.94. The second-order valence-corrected chi connectivity index (χ2v) is 4.52. The lowest BCUT2D eigenvalue weighted by Crippen LogP contribution is -2.36. The Kier molecular flexibility index (Phi) is 4.28. The molecule has 0 bridgehead atoms. The number of hydrogen-bond acceptors (Lipinski definition) is 3. The number of hydrogen-bond donors (Lipinski definition) is 1. The lowest BCUT2D eigenvalue weighted by Gasteiger charge is -2.19.